The topological polar surface area (TPSA) is 77.2 Å². The molecule has 1 heterocycles. The lowest BCUT2D eigenvalue weighted by molar-refractivity contribution is 0.152. The van der Waals surface area contributed by atoms with E-state index >= 15 is 0 Å². The van der Waals surface area contributed by atoms with Crippen LogP contribution in [0.4, 0.5) is 4.79 Å². The van der Waals surface area contributed by atoms with Gasteiger partial charge in [0.2, 0.25) is 11.8 Å². The number of aromatic nitrogens is 2. The van der Waals surface area contributed by atoms with Crippen LogP contribution in [0.2, 0.25) is 0 Å². The molecule has 6 heteroatoms. The molecule has 1 amide bonds. The molecule has 1 aromatic carbocycles. The molecule has 0 aliphatic carbocycles. The first kappa shape index (κ1) is 13.1. The second-order valence-electron chi connectivity index (χ2n) is 3.76. The zero-order valence-corrected chi connectivity index (χ0v) is 10.6. The summed E-state index contributed by atoms with van der Waals surface area (Å²) < 4.78 is 10.2. The monoisotopic (exact) mass is 261 g/mol. The molecule has 0 bridgehead atoms. The number of ether oxygens (including phenoxy) is 1. The van der Waals surface area contributed by atoms with Gasteiger partial charge < -0.3 is 14.5 Å². The van der Waals surface area contributed by atoms with Gasteiger partial charge >= 0.3 is 6.09 Å². The number of alkyl carbamates (subject to hydrolysis) is 1. The van der Waals surface area contributed by atoms with Gasteiger partial charge in [0, 0.05) is 18.5 Å². The number of carbonyl (C=O) groups is 1. The average Bonchev–Trinajstić information content (AvgIpc) is 2.89. The zero-order valence-electron chi connectivity index (χ0n) is 10.6. The fraction of sp³-hybridized carbons (Fsp3) is 0.308. The van der Waals surface area contributed by atoms with Gasteiger partial charge in [-0.25, -0.2) is 4.79 Å². The molecule has 0 aliphatic rings. The Balaban J connectivity index is 1.86. The van der Waals surface area contributed by atoms with E-state index in [1.807, 2.05) is 30.3 Å². The van der Waals surface area contributed by atoms with E-state index < -0.39 is 6.09 Å². The SMILES string of the molecule is CCOC(=O)NCCc1nnc(-c2ccccc2)o1. The maximum absolute atomic E-state index is 11.1. The maximum atomic E-state index is 11.1. The lowest BCUT2D eigenvalue weighted by Crippen LogP contribution is -2.26. The Hall–Kier alpha value is -2.37. The summed E-state index contributed by atoms with van der Waals surface area (Å²) in [5.74, 6) is 0.961. The summed E-state index contributed by atoms with van der Waals surface area (Å²) in [7, 11) is 0. The fourth-order valence-electron chi connectivity index (χ4n) is 1.51. The van der Waals surface area contributed by atoms with Gasteiger partial charge in [-0.15, -0.1) is 10.2 Å². The van der Waals surface area contributed by atoms with E-state index in [4.69, 9.17) is 9.15 Å². The first-order chi connectivity index (χ1) is 9.29. The Morgan fingerprint density at radius 3 is 2.84 bits per heavy atom. The smallest absolute Gasteiger partial charge is 0.407 e. The van der Waals surface area contributed by atoms with Crippen molar-refractivity contribution in [3.05, 3.63) is 36.2 Å². The van der Waals surface area contributed by atoms with Gasteiger partial charge in [-0.3, -0.25) is 0 Å². The Bertz CT molecular complexity index is 525. The van der Waals surface area contributed by atoms with E-state index in [1.165, 1.54) is 0 Å². The van der Waals surface area contributed by atoms with Crippen molar-refractivity contribution < 1.29 is 13.9 Å². The first-order valence-corrected chi connectivity index (χ1v) is 6.08. The lowest BCUT2D eigenvalue weighted by atomic mass is 10.2. The van der Waals surface area contributed by atoms with Crippen molar-refractivity contribution in [3.63, 3.8) is 0 Å². The van der Waals surface area contributed by atoms with Crippen molar-refractivity contribution in [2.45, 2.75) is 13.3 Å². The number of nitrogens with one attached hydrogen (secondary N) is 1. The molecule has 0 unspecified atom stereocenters. The van der Waals surface area contributed by atoms with Crippen molar-refractivity contribution in [2.75, 3.05) is 13.2 Å². The van der Waals surface area contributed by atoms with Crippen molar-refractivity contribution in [1.82, 2.24) is 15.5 Å². The minimum Gasteiger partial charge on any atom is -0.450 e. The molecule has 100 valence electrons. The van der Waals surface area contributed by atoms with Crippen molar-refractivity contribution >= 4 is 6.09 Å². The number of carbonyl (C=O) groups excluding carboxylic acids is 1. The molecule has 0 saturated carbocycles. The van der Waals surface area contributed by atoms with Gasteiger partial charge in [-0.05, 0) is 19.1 Å². The van der Waals surface area contributed by atoms with Crippen LogP contribution in [0.5, 0.6) is 0 Å². The van der Waals surface area contributed by atoms with Gasteiger partial charge in [0.15, 0.2) is 0 Å². The second-order valence-corrected chi connectivity index (χ2v) is 3.76. The van der Waals surface area contributed by atoms with Gasteiger partial charge in [0.05, 0.1) is 6.61 Å². The third-order valence-corrected chi connectivity index (χ3v) is 2.37. The van der Waals surface area contributed by atoms with E-state index in [9.17, 15) is 4.79 Å². The van der Waals surface area contributed by atoms with E-state index in [1.54, 1.807) is 6.92 Å². The number of nitrogens with zero attached hydrogens (tertiary/aromatic N) is 2. The Kier molecular flexibility index (Phi) is 4.49. The molecule has 0 aliphatic heterocycles. The summed E-state index contributed by atoms with van der Waals surface area (Å²) in [6.45, 7) is 2.50. The summed E-state index contributed by atoms with van der Waals surface area (Å²) in [5.41, 5.74) is 0.875. The molecule has 6 nitrogen and oxygen atoms in total. The molecular formula is C13H15N3O3. The van der Waals surface area contributed by atoms with Crippen molar-refractivity contribution in [2.24, 2.45) is 0 Å². The highest BCUT2D eigenvalue weighted by Crippen LogP contribution is 2.16. The van der Waals surface area contributed by atoms with Crippen LogP contribution in [0, 0.1) is 0 Å². The number of hydrogen-bond acceptors (Lipinski definition) is 5. The quantitative estimate of drug-likeness (QED) is 0.891. The summed E-state index contributed by atoms with van der Waals surface area (Å²) >= 11 is 0. The number of amides is 1. The normalized spacial score (nSPS) is 10.2. The second kappa shape index (κ2) is 6.53. The van der Waals surface area contributed by atoms with Crippen LogP contribution >= 0.6 is 0 Å². The van der Waals surface area contributed by atoms with Crippen LogP contribution in [0.3, 0.4) is 0 Å². The third kappa shape index (κ3) is 3.80. The standard InChI is InChI=1S/C13H15N3O3/c1-2-18-13(17)14-9-8-11-15-16-12(19-11)10-6-4-3-5-7-10/h3-7H,2,8-9H2,1H3,(H,14,17). The Morgan fingerprint density at radius 2 is 2.11 bits per heavy atom. The van der Waals surface area contributed by atoms with Gasteiger partial charge in [-0.1, -0.05) is 18.2 Å². The molecule has 2 aromatic rings. The summed E-state index contributed by atoms with van der Waals surface area (Å²) in [4.78, 5) is 11.1. The molecule has 0 radical (unpaired) electrons. The molecule has 0 fully saturated rings. The lowest BCUT2D eigenvalue weighted by Gasteiger charge is -2.02. The summed E-state index contributed by atoms with van der Waals surface area (Å²) in [6, 6.07) is 9.52. The van der Waals surface area contributed by atoms with Gasteiger partial charge in [0.25, 0.3) is 0 Å². The summed E-state index contributed by atoms with van der Waals surface area (Å²) in [6.07, 6.45) is 0.0313. The highest BCUT2D eigenvalue weighted by atomic mass is 16.5. The molecule has 0 spiro atoms. The van der Waals surface area contributed by atoms with Crippen LogP contribution in [0.15, 0.2) is 34.7 Å². The minimum atomic E-state index is -0.440. The number of rotatable bonds is 5. The molecule has 0 saturated heterocycles. The molecule has 1 aromatic heterocycles. The predicted molar refractivity (Wildman–Crippen MR) is 68.5 cm³/mol. The van der Waals surface area contributed by atoms with Crippen LogP contribution < -0.4 is 5.32 Å². The van der Waals surface area contributed by atoms with E-state index in [0.717, 1.165) is 5.56 Å². The van der Waals surface area contributed by atoms with Crippen LogP contribution in [-0.4, -0.2) is 29.4 Å². The molecule has 2 rings (SSSR count). The predicted octanol–water partition coefficient (Wildman–Crippen LogP) is 2.03. The maximum Gasteiger partial charge on any atom is 0.407 e. The zero-order chi connectivity index (χ0) is 13.5. The minimum absolute atomic E-state index is 0.352. The summed E-state index contributed by atoms with van der Waals surface area (Å²) in [5, 5.41) is 10.5. The average molecular weight is 261 g/mol. The van der Waals surface area contributed by atoms with E-state index in [2.05, 4.69) is 15.5 Å². The van der Waals surface area contributed by atoms with Gasteiger partial charge in [0.1, 0.15) is 0 Å². The molecular weight excluding hydrogens is 246 g/mol. The number of benzene rings is 1. The van der Waals surface area contributed by atoms with E-state index in [-0.39, 0.29) is 0 Å². The first-order valence-electron chi connectivity index (χ1n) is 6.08. The Morgan fingerprint density at radius 1 is 1.32 bits per heavy atom. The largest absolute Gasteiger partial charge is 0.450 e. The molecule has 0 atom stereocenters. The van der Waals surface area contributed by atoms with E-state index in [0.29, 0.717) is 31.4 Å². The van der Waals surface area contributed by atoms with Crippen molar-refractivity contribution in [1.29, 1.82) is 0 Å². The molecule has 1 N–H and O–H groups in total. The number of hydrogen-bond donors (Lipinski definition) is 1. The van der Waals surface area contributed by atoms with Crippen LogP contribution in [0.25, 0.3) is 11.5 Å². The third-order valence-electron chi connectivity index (χ3n) is 2.37. The highest BCUT2D eigenvalue weighted by Gasteiger charge is 2.08. The Labute approximate surface area is 110 Å². The fourth-order valence-corrected chi connectivity index (χ4v) is 1.51. The van der Waals surface area contributed by atoms with Crippen LogP contribution in [0.1, 0.15) is 12.8 Å². The van der Waals surface area contributed by atoms with Crippen LogP contribution in [-0.2, 0) is 11.2 Å². The van der Waals surface area contributed by atoms with Crippen molar-refractivity contribution in [3.8, 4) is 11.5 Å². The highest BCUT2D eigenvalue weighted by molar-refractivity contribution is 5.66. The molecule has 19 heavy (non-hydrogen) atoms. The van der Waals surface area contributed by atoms with Gasteiger partial charge in [-0.2, -0.15) is 0 Å².